The molecule has 98 valence electrons. The Kier molecular flexibility index (Phi) is 3.96. The molecule has 18 heavy (non-hydrogen) atoms. The quantitative estimate of drug-likeness (QED) is 0.873. The molecular weight excluding hydrogens is 320 g/mol. The van der Waals surface area contributed by atoms with E-state index in [0.717, 1.165) is 4.47 Å². The molecule has 1 aliphatic heterocycles. The van der Waals surface area contributed by atoms with E-state index in [1.807, 2.05) is 6.07 Å². The lowest BCUT2D eigenvalue weighted by molar-refractivity contribution is -0.125. The van der Waals surface area contributed by atoms with Crippen LogP contribution in [0.15, 0.2) is 22.7 Å². The average molecular weight is 334 g/mol. The number of nitrogens with two attached hydrogens (primary N) is 1. The summed E-state index contributed by atoms with van der Waals surface area (Å²) in [6.45, 7) is 2.53. The molecular formula is C12H14BrClN2O2. The first-order chi connectivity index (χ1) is 8.43. The van der Waals surface area contributed by atoms with Crippen LogP contribution in [-0.2, 0) is 9.53 Å². The molecule has 6 heteroatoms. The lowest BCUT2D eigenvalue weighted by Gasteiger charge is -2.25. The van der Waals surface area contributed by atoms with Gasteiger partial charge in [-0.2, -0.15) is 0 Å². The lowest BCUT2D eigenvalue weighted by atomic mass is 9.85. The summed E-state index contributed by atoms with van der Waals surface area (Å²) in [5.41, 5.74) is 5.77. The van der Waals surface area contributed by atoms with Gasteiger partial charge >= 0.3 is 0 Å². The molecule has 0 saturated carbocycles. The highest BCUT2D eigenvalue weighted by atomic mass is 79.9. The van der Waals surface area contributed by atoms with E-state index in [4.69, 9.17) is 22.1 Å². The fourth-order valence-corrected chi connectivity index (χ4v) is 2.50. The summed E-state index contributed by atoms with van der Waals surface area (Å²) in [7, 11) is 0. The molecule has 1 fully saturated rings. The standard InChI is InChI=1S/C12H14BrClN2O2/c1-12(6-18-5-10(12)15)11(17)16-9-3-2-7(13)4-8(9)14/h2-4,10H,5-6,15H2,1H3,(H,16,17). The summed E-state index contributed by atoms with van der Waals surface area (Å²) < 4.78 is 6.11. The van der Waals surface area contributed by atoms with Gasteiger partial charge < -0.3 is 15.8 Å². The van der Waals surface area contributed by atoms with Crippen LogP contribution in [0.3, 0.4) is 0 Å². The van der Waals surface area contributed by atoms with Crippen LogP contribution < -0.4 is 11.1 Å². The van der Waals surface area contributed by atoms with Crippen molar-refractivity contribution in [2.45, 2.75) is 13.0 Å². The van der Waals surface area contributed by atoms with Crippen molar-refractivity contribution in [3.63, 3.8) is 0 Å². The molecule has 1 aromatic carbocycles. The van der Waals surface area contributed by atoms with Crippen LogP contribution in [-0.4, -0.2) is 25.2 Å². The number of anilines is 1. The minimum atomic E-state index is -0.712. The van der Waals surface area contributed by atoms with Gasteiger partial charge in [-0.05, 0) is 25.1 Å². The Morgan fingerprint density at radius 1 is 1.67 bits per heavy atom. The Balaban J connectivity index is 2.16. The zero-order valence-electron chi connectivity index (χ0n) is 9.87. The highest BCUT2D eigenvalue weighted by Crippen LogP contribution is 2.31. The van der Waals surface area contributed by atoms with Crippen molar-refractivity contribution >= 4 is 39.1 Å². The molecule has 0 radical (unpaired) electrons. The normalized spacial score (nSPS) is 27.2. The number of rotatable bonds is 2. The first-order valence-corrected chi connectivity index (χ1v) is 6.70. The topological polar surface area (TPSA) is 64.3 Å². The number of nitrogens with one attached hydrogen (secondary N) is 1. The Bertz CT molecular complexity index is 483. The minimum Gasteiger partial charge on any atom is -0.379 e. The van der Waals surface area contributed by atoms with Crippen molar-refractivity contribution in [3.05, 3.63) is 27.7 Å². The Labute approximate surface area is 119 Å². The number of benzene rings is 1. The molecule has 1 aliphatic rings. The maximum atomic E-state index is 12.2. The zero-order valence-corrected chi connectivity index (χ0v) is 12.2. The van der Waals surface area contributed by atoms with Gasteiger partial charge in [0.1, 0.15) is 0 Å². The summed E-state index contributed by atoms with van der Waals surface area (Å²) in [5, 5.41) is 3.28. The van der Waals surface area contributed by atoms with Gasteiger partial charge in [-0.3, -0.25) is 4.79 Å². The number of hydrogen-bond acceptors (Lipinski definition) is 3. The Hall–Kier alpha value is -0.620. The highest BCUT2D eigenvalue weighted by Gasteiger charge is 2.44. The van der Waals surface area contributed by atoms with Crippen LogP contribution in [0.25, 0.3) is 0 Å². The molecule has 1 amide bonds. The van der Waals surface area contributed by atoms with E-state index in [1.54, 1.807) is 19.1 Å². The van der Waals surface area contributed by atoms with Gasteiger partial charge in [0.25, 0.3) is 0 Å². The van der Waals surface area contributed by atoms with Gasteiger partial charge in [-0.1, -0.05) is 27.5 Å². The second-order valence-electron chi connectivity index (χ2n) is 4.62. The molecule has 0 spiro atoms. The van der Waals surface area contributed by atoms with Gasteiger partial charge in [0.2, 0.25) is 5.91 Å². The van der Waals surface area contributed by atoms with Crippen molar-refractivity contribution in [2.24, 2.45) is 11.1 Å². The van der Waals surface area contributed by atoms with E-state index in [2.05, 4.69) is 21.2 Å². The summed E-state index contributed by atoms with van der Waals surface area (Å²) in [6.07, 6.45) is 0. The van der Waals surface area contributed by atoms with E-state index in [0.29, 0.717) is 23.9 Å². The summed E-state index contributed by atoms with van der Waals surface area (Å²) in [4.78, 5) is 12.2. The Morgan fingerprint density at radius 3 is 2.94 bits per heavy atom. The molecule has 0 bridgehead atoms. The smallest absolute Gasteiger partial charge is 0.234 e. The second kappa shape index (κ2) is 5.17. The Morgan fingerprint density at radius 2 is 2.39 bits per heavy atom. The maximum Gasteiger partial charge on any atom is 0.234 e. The van der Waals surface area contributed by atoms with Crippen molar-refractivity contribution in [1.82, 2.24) is 0 Å². The number of carbonyl (C=O) groups is 1. The molecule has 2 unspecified atom stereocenters. The van der Waals surface area contributed by atoms with E-state index >= 15 is 0 Å². The van der Waals surface area contributed by atoms with Gasteiger partial charge in [-0.25, -0.2) is 0 Å². The van der Waals surface area contributed by atoms with Crippen LogP contribution in [0, 0.1) is 5.41 Å². The highest BCUT2D eigenvalue weighted by molar-refractivity contribution is 9.10. The summed E-state index contributed by atoms with van der Waals surface area (Å²) in [5.74, 6) is -0.170. The maximum absolute atomic E-state index is 12.2. The molecule has 2 rings (SSSR count). The average Bonchev–Trinajstić information content (AvgIpc) is 2.64. The number of hydrogen-bond donors (Lipinski definition) is 2. The molecule has 0 aromatic heterocycles. The van der Waals surface area contributed by atoms with E-state index in [9.17, 15) is 4.79 Å². The van der Waals surface area contributed by atoms with E-state index in [-0.39, 0.29) is 11.9 Å². The van der Waals surface area contributed by atoms with Gasteiger partial charge in [-0.15, -0.1) is 0 Å². The molecule has 2 atom stereocenters. The molecule has 4 nitrogen and oxygen atoms in total. The first kappa shape index (κ1) is 13.8. The third kappa shape index (κ3) is 2.54. The van der Waals surface area contributed by atoms with Crippen molar-refractivity contribution in [2.75, 3.05) is 18.5 Å². The molecule has 1 aromatic rings. The van der Waals surface area contributed by atoms with Crippen molar-refractivity contribution in [3.8, 4) is 0 Å². The van der Waals surface area contributed by atoms with Crippen LogP contribution in [0.1, 0.15) is 6.92 Å². The van der Waals surface area contributed by atoms with Crippen LogP contribution in [0.2, 0.25) is 5.02 Å². The van der Waals surface area contributed by atoms with Crippen LogP contribution in [0.5, 0.6) is 0 Å². The van der Waals surface area contributed by atoms with E-state index in [1.165, 1.54) is 0 Å². The fourth-order valence-electron chi connectivity index (χ4n) is 1.78. The summed E-state index contributed by atoms with van der Waals surface area (Å²) >= 11 is 9.37. The van der Waals surface area contributed by atoms with Crippen LogP contribution in [0.4, 0.5) is 5.69 Å². The number of amides is 1. The summed E-state index contributed by atoms with van der Waals surface area (Å²) in [6, 6.07) is 4.99. The monoisotopic (exact) mass is 332 g/mol. The van der Waals surface area contributed by atoms with Gasteiger partial charge in [0.15, 0.2) is 0 Å². The molecule has 0 aliphatic carbocycles. The number of carbonyl (C=O) groups excluding carboxylic acids is 1. The second-order valence-corrected chi connectivity index (χ2v) is 5.94. The van der Waals surface area contributed by atoms with Crippen molar-refractivity contribution in [1.29, 1.82) is 0 Å². The predicted octanol–water partition coefficient (Wildman–Crippen LogP) is 2.40. The third-order valence-corrected chi connectivity index (χ3v) is 4.02. The van der Waals surface area contributed by atoms with Crippen LogP contribution >= 0.6 is 27.5 Å². The molecule has 1 heterocycles. The first-order valence-electron chi connectivity index (χ1n) is 5.53. The van der Waals surface area contributed by atoms with Gasteiger partial charge in [0.05, 0.1) is 29.3 Å². The third-order valence-electron chi connectivity index (χ3n) is 3.22. The molecule has 3 N–H and O–H groups in total. The van der Waals surface area contributed by atoms with Crippen molar-refractivity contribution < 1.29 is 9.53 Å². The zero-order chi connectivity index (χ0) is 13.3. The van der Waals surface area contributed by atoms with E-state index < -0.39 is 5.41 Å². The minimum absolute atomic E-state index is 0.170. The SMILES string of the molecule is CC1(C(=O)Nc2ccc(Br)cc2Cl)COCC1N. The predicted molar refractivity (Wildman–Crippen MR) is 74.7 cm³/mol. The van der Waals surface area contributed by atoms with Gasteiger partial charge in [0, 0.05) is 10.5 Å². The largest absolute Gasteiger partial charge is 0.379 e. The fraction of sp³-hybridized carbons (Fsp3) is 0.417. The number of halogens is 2. The molecule has 1 saturated heterocycles. The lowest BCUT2D eigenvalue weighted by Crippen LogP contribution is -2.47. The number of ether oxygens (including phenoxy) is 1.